The van der Waals surface area contributed by atoms with Gasteiger partial charge in [0.05, 0.1) is 11.6 Å². The van der Waals surface area contributed by atoms with Crippen LogP contribution in [-0.4, -0.2) is 54.4 Å². The van der Waals surface area contributed by atoms with Crippen molar-refractivity contribution in [3.8, 4) is 11.5 Å². The molecule has 3 aliphatic rings. The zero-order valence-corrected chi connectivity index (χ0v) is 14.8. The average molecular weight is 360 g/mol. The first-order valence-corrected chi connectivity index (χ1v) is 9.21. The van der Waals surface area contributed by atoms with Crippen LogP contribution in [0.2, 0.25) is 0 Å². The highest BCUT2D eigenvalue weighted by Gasteiger charge is 2.48. The number of nitrogens with one attached hydrogen (secondary N) is 1. The van der Waals surface area contributed by atoms with Crippen LogP contribution in [0.1, 0.15) is 30.1 Å². The van der Waals surface area contributed by atoms with Crippen molar-refractivity contribution < 1.29 is 24.2 Å². The normalized spacial score (nSPS) is 29.3. The lowest BCUT2D eigenvalue weighted by Gasteiger charge is -2.27. The molecule has 7 heteroatoms. The second kappa shape index (κ2) is 6.70. The maximum atomic E-state index is 12.7. The molecule has 7 nitrogen and oxygen atoms in total. The topological polar surface area (TPSA) is 88.1 Å². The number of para-hydroxylation sites is 1. The lowest BCUT2D eigenvalue weighted by atomic mass is 9.93. The SMILES string of the molecule is CC1C[C@H]2CN(C(=O)O)[C@H](CNC(=O)c3cccc4c3OCCO4)[C@H]2C1. The number of hydrogen-bond donors (Lipinski definition) is 2. The zero-order chi connectivity index (χ0) is 18.3. The molecule has 0 bridgehead atoms. The Morgan fingerprint density at radius 2 is 2.08 bits per heavy atom. The van der Waals surface area contributed by atoms with Gasteiger partial charge in [0.2, 0.25) is 0 Å². The molecule has 26 heavy (non-hydrogen) atoms. The minimum atomic E-state index is -0.903. The summed E-state index contributed by atoms with van der Waals surface area (Å²) in [5.41, 5.74) is 0.429. The third-order valence-corrected chi connectivity index (χ3v) is 5.84. The van der Waals surface area contributed by atoms with Gasteiger partial charge in [0.1, 0.15) is 13.2 Å². The predicted molar refractivity (Wildman–Crippen MR) is 93.7 cm³/mol. The van der Waals surface area contributed by atoms with E-state index in [4.69, 9.17) is 9.47 Å². The molecule has 2 aliphatic heterocycles. The first-order chi connectivity index (χ1) is 12.5. The Hall–Kier alpha value is -2.44. The molecule has 0 spiro atoms. The van der Waals surface area contributed by atoms with Crippen LogP contribution in [0.15, 0.2) is 18.2 Å². The van der Waals surface area contributed by atoms with E-state index in [0.717, 1.165) is 12.8 Å². The summed E-state index contributed by atoms with van der Waals surface area (Å²) in [6.45, 7) is 3.99. The fraction of sp³-hybridized carbons (Fsp3) is 0.579. The second-order valence-electron chi connectivity index (χ2n) is 7.54. The molecular weight excluding hydrogens is 336 g/mol. The molecule has 1 saturated heterocycles. The van der Waals surface area contributed by atoms with E-state index in [1.165, 1.54) is 4.90 Å². The molecule has 1 aromatic carbocycles. The van der Waals surface area contributed by atoms with E-state index in [2.05, 4.69) is 12.2 Å². The van der Waals surface area contributed by atoms with Gasteiger partial charge in [-0.1, -0.05) is 13.0 Å². The molecule has 2 fully saturated rings. The van der Waals surface area contributed by atoms with Crippen molar-refractivity contribution >= 4 is 12.0 Å². The number of fused-ring (bicyclic) bond motifs is 2. The van der Waals surface area contributed by atoms with Crippen LogP contribution in [0.5, 0.6) is 11.5 Å². The molecule has 1 aliphatic carbocycles. The van der Waals surface area contributed by atoms with Crippen LogP contribution >= 0.6 is 0 Å². The van der Waals surface area contributed by atoms with Crippen molar-refractivity contribution in [1.29, 1.82) is 0 Å². The van der Waals surface area contributed by atoms with Gasteiger partial charge in [-0.15, -0.1) is 0 Å². The monoisotopic (exact) mass is 360 g/mol. The van der Waals surface area contributed by atoms with E-state index < -0.39 is 6.09 Å². The predicted octanol–water partition coefficient (Wildman–Crippen LogP) is 2.21. The number of amides is 2. The second-order valence-corrected chi connectivity index (χ2v) is 7.54. The maximum absolute atomic E-state index is 12.7. The van der Waals surface area contributed by atoms with Crippen LogP contribution in [0.4, 0.5) is 4.79 Å². The number of likely N-dealkylation sites (tertiary alicyclic amines) is 1. The van der Waals surface area contributed by atoms with Gasteiger partial charge >= 0.3 is 6.09 Å². The summed E-state index contributed by atoms with van der Waals surface area (Å²) in [7, 11) is 0. The molecule has 140 valence electrons. The smallest absolute Gasteiger partial charge is 0.407 e. The molecule has 1 unspecified atom stereocenters. The molecular formula is C19H24N2O5. The van der Waals surface area contributed by atoms with Gasteiger partial charge in [-0.05, 0) is 42.7 Å². The first-order valence-electron chi connectivity index (χ1n) is 9.21. The minimum absolute atomic E-state index is 0.164. The third kappa shape index (κ3) is 2.95. The highest BCUT2D eigenvalue weighted by molar-refractivity contribution is 5.97. The zero-order valence-electron chi connectivity index (χ0n) is 14.8. The summed E-state index contributed by atoms with van der Waals surface area (Å²) in [6, 6.07) is 5.07. The lowest BCUT2D eigenvalue weighted by Crippen LogP contribution is -2.45. The van der Waals surface area contributed by atoms with Crippen molar-refractivity contribution in [2.24, 2.45) is 17.8 Å². The number of carbonyl (C=O) groups excluding carboxylic acids is 1. The lowest BCUT2D eigenvalue weighted by molar-refractivity contribution is 0.0914. The highest BCUT2D eigenvalue weighted by Crippen LogP contribution is 2.44. The minimum Gasteiger partial charge on any atom is -0.486 e. The number of carboxylic acid groups (broad SMARTS) is 1. The summed E-state index contributed by atoms with van der Waals surface area (Å²) in [5, 5.41) is 12.4. The molecule has 0 radical (unpaired) electrons. The molecule has 2 heterocycles. The van der Waals surface area contributed by atoms with Gasteiger partial charge in [0.25, 0.3) is 5.91 Å². The van der Waals surface area contributed by atoms with Crippen molar-refractivity contribution in [2.45, 2.75) is 25.8 Å². The van der Waals surface area contributed by atoms with Crippen molar-refractivity contribution in [3.63, 3.8) is 0 Å². The number of ether oxygens (including phenoxy) is 2. The quantitative estimate of drug-likeness (QED) is 0.863. The van der Waals surface area contributed by atoms with Gasteiger partial charge in [0, 0.05) is 13.1 Å². The summed E-state index contributed by atoms with van der Waals surface area (Å²) >= 11 is 0. The fourth-order valence-corrected chi connectivity index (χ4v) is 4.77. The van der Waals surface area contributed by atoms with Crippen LogP contribution in [0, 0.1) is 17.8 Å². The van der Waals surface area contributed by atoms with E-state index in [9.17, 15) is 14.7 Å². The fourth-order valence-electron chi connectivity index (χ4n) is 4.77. The van der Waals surface area contributed by atoms with Gasteiger partial charge in [0.15, 0.2) is 11.5 Å². The Bertz CT molecular complexity index is 722. The molecule has 2 amide bonds. The Labute approximate surface area is 152 Å². The van der Waals surface area contributed by atoms with Gasteiger partial charge in [-0.3, -0.25) is 4.79 Å². The van der Waals surface area contributed by atoms with E-state index >= 15 is 0 Å². The molecule has 1 saturated carbocycles. The maximum Gasteiger partial charge on any atom is 0.407 e. The Balaban J connectivity index is 1.47. The molecule has 0 aromatic heterocycles. The van der Waals surface area contributed by atoms with Crippen LogP contribution in [-0.2, 0) is 0 Å². The first kappa shape index (κ1) is 17.0. The third-order valence-electron chi connectivity index (χ3n) is 5.84. The van der Waals surface area contributed by atoms with E-state index in [1.807, 2.05) is 0 Å². The number of carbonyl (C=O) groups is 2. The standard InChI is InChI=1S/C19H24N2O5/c1-11-7-12-10-21(19(23)24)15(14(12)8-11)9-20-18(22)13-3-2-4-16-17(13)26-6-5-25-16/h2-4,11-12,14-15H,5-10H2,1H3,(H,20,22)(H,23,24)/t11?,12-,14-,15+/m0/s1. The largest absolute Gasteiger partial charge is 0.486 e. The highest BCUT2D eigenvalue weighted by atomic mass is 16.6. The number of nitrogens with zero attached hydrogens (tertiary/aromatic N) is 1. The van der Waals surface area contributed by atoms with Crippen LogP contribution in [0.3, 0.4) is 0 Å². The molecule has 1 aromatic rings. The number of benzene rings is 1. The van der Waals surface area contributed by atoms with Gasteiger partial charge in [-0.25, -0.2) is 4.79 Å². The van der Waals surface area contributed by atoms with E-state index in [-0.39, 0.29) is 11.9 Å². The van der Waals surface area contributed by atoms with Crippen molar-refractivity contribution in [2.75, 3.05) is 26.3 Å². The van der Waals surface area contributed by atoms with Gasteiger partial charge in [-0.2, -0.15) is 0 Å². The Morgan fingerprint density at radius 1 is 1.27 bits per heavy atom. The Kier molecular flexibility index (Phi) is 4.38. The summed E-state index contributed by atoms with van der Waals surface area (Å²) in [5.74, 6) is 2.12. The molecule has 4 atom stereocenters. The van der Waals surface area contributed by atoms with Crippen LogP contribution in [0.25, 0.3) is 0 Å². The molecule has 4 rings (SSSR count). The summed E-state index contributed by atoms with van der Waals surface area (Å²) in [6.07, 6.45) is 1.18. The van der Waals surface area contributed by atoms with Crippen molar-refractivity contribution in [3.05, 3.63) is 23.8 Å². The van der Waals surface area contributed by atoms with E-state index in [1.54, 1.807) is 18.2 Å². The number of rotatable bonds is 3. The average Bonchev–Trinajstić information content (AvgIpc) is 3.15. The molecule has 2 N–H and O–H groups in total. The van der Waals surface area contributed by atoms with E-state index in [0.29, 0.717) is 61.1 Å². The summed E-state index contributed by atoms with van der Waals surface area (Å²) in [4.78, 5) is 25.8. The summed E-state index contributed by atoms with van der Waals surface area (Å²) < 4.78 is 11.1. The Morgan fingerprint density at radius 3 is 2.88 bits per heavy atom. The number of hydrogen-bond acceptors (Lipinski definition) is 4. The van der Waals surface area contributed by atoms with Gasteiger partial charge < -0.3 is 24.8 Å². The van der Waals surface area contributed by atoms with Crippen molar-refractivity contribution in [1.82, 2.24) is 10.2 Å². The van der Waals surface area contributed by atoms with Crippen LogP contribution < -0.4 is 14.8 Å².